The fourth-order valence-corrected chi connectivity index (χ4v) is 3.33. The van der Waals surface area contributed by atoms with E-state index < -0.39 is 4.84 Å². The summed E-state index contributed by atoms with van der Waals surface area (Å²) in [7, 11) is 0. The van der Waals surface area contributed by atoms with Gasteiger partial charge in [0.25, 0.3) is 11.1 Å². The largest absolute Gasteiger partial charge is 0.334 e. The number of halogens is 3. The highest BCUT2D eigenvalue weighted by atomic mass is 35.5. The summed E-state index contributed by atoms with van der Waals surface area (Å²) in [6, 6.07) is 7.59. The Balaban J connectivity index is 0.000000546. The number of carbonyl (C=O) groups is 2. The summed E-state index contributed by atoms with van der Waals surface area (Å²) in [4.78, 5) is 25.2. The van der Waals surface area contributed by atoms with Crippen LogP contribution >= 0.6 is 46.6 Å². The van der Waals surface area contributed by atoms with Crippen molar-refractivity contribution in [1.29, 1.82) is 0 Å². The lowest BCUT2D eigenvalue weighted by atomic mass is 10.2. The minimum atomic E-state index is -1.01. The van der Waals surface area contributed by atoms with Crippen LogP contribution in [0, 0.1) is 0 Å². The Kier molecular flexibility index (Phi) is 15.1. The van der Waals surface area contributed by atoms with Crippen LogP contribution in [0.2, 0.25) is 5.02 Å². The van der Waals surface area contributed by atoms with Gasteiger partial charge in [0.15, 0.2) is 4.84 Å². The summed E-state index contributed by atoms with van der Waals surface area (Å²) in [5, 5.41) is 0.865. The summed E-state index contributed by atoms with van der Waals surface area (Å²) in [6.45, 7) is 13.4. The summed E-state index contributed by atoms with van der Waals surface area (Å²) in [6.07, 6.45) is 3.22. The third kappa shape index (κ3) is 11.0. The first-order valence-corrected chi connectivity index (χ1v) is 11.0. The van der Waals surface area contributed by atoms with E-state index in [0.717, 1.165) is 23.7 Å². The van der Waals surface area contributed by atoms with Gasteiger partial charge in [-0.25, -0.2) is 0 Å². The molecule has 1 rings (SSSR count). The topological polar surface area (TPSA) is 40.6 Å². The molecule has 0 aromatic heterocycles. The molecular formula is C20H27Cl3N2O2S. The van der Waals surface area contributed by atoms with Crippen LogP contribution in [-0.2, 0) is 10.5 Å². The molecule has 0 heterocycles. The number of benzene rings is 1. The third-order valence-corrected chi connectivity index (χ3v) is 5.10. The standard InChI is InChI=1S/C12H16ClNOS.C8H11Cl2NO/c1-3-14(4-2)12(15)16-9-10-5-7-11(13)8-6-10;1-3-5-11(6-4-2)8(12)7(9)10/h5-8H,3-4,9H2,1-2H3;3-4,7H,1-2,5-6H2. The van der Waals surface area contributed by atoms with Gasteiger partial charge in [0, 0.05) is 37.0 Å². The average molecular weight is 466 g/mol. The molecule has 0 unspecified atom stereocenters. The van der Waals surface area contributed by atoms with Gasteiger partial charge in [-0.1, -0.05) is 70.8 Å². The van der Waals surface area contributed by atoms with Crippen LogP contribution in [0.4, 0.5) is 4.79 Å². The Morgan fingerprint density at radius 1 is 1.04 bits per heavy atom. The van der Waals surface area contributed by atoms with E-state index in [4.69, 9.17) is 34.8 Å². The molecule has 0 saturated heterocycles. The van der Waals surface area contributed by atoms with Crippen LogP contribution in [0.3, 0.4) is 0 Å². The number of thioether (sulfide) groups is 1. The SMILES string of the molecule is C=CCN(CC=C)C(=O)C(Cl)Cl.CCN(CC)C(=O)SCc1ccc(Cl)cc1. The zero-order chi connectivity index (χ0) is 21.5. The van der Waals surface area contributed by atoms with Crippen molar-refractivity contribution in [2.24, 2.45) is 0 Å². The number of alkyl halides is 2. The molecule has 0 radical (unpaired) electrons. The van der Waals surface area contributed by atoms with Gasteiger partial charge in [0.2, 0.25) is 0 Å². The summed E-state index contributed by atoms with van der Waals surface area (Å²) < 4.78 is 0. The van der Waals surface area contributed by atoms with Gasteiger partial charge >= 0.3 is 0 Å². The lowest BCUT2D eigenvalue weighted by Crippen LogP contribution is -2.35. The van der Waals surface area contributed by atoms with E-state index in [1.54, 1.807) is 12.2 Å². The number of rotatable bonds is 9. The molecule has 2 amide bonds. The maximum atomic E-state index is 11.7. The van der Waals surface area contributed by atoms with E-state index in [9.17, 15) is 9.59 Å². The highest BCUT2D eigenvalue weighted by Gasteiger charge is 2.17. The Bertz CT molecular complexity index is 610. The monoisotopic (exact) mass is 464 g/mol. The van der Waals surface area contributed by atoms with E-state index in [2.05, 4.69) is 13.2 Å². The second-order valence-corrected chi connectivity index (χ2v) is 7.93. The van der Waals surface area contributed by atoms with E-state index in [1.807, 2.05) is 43.0 Å². The lowest BCUT2D eigenvalue weighted by molar-refractivity contribution is -0.128. The normalized spacial score (nSPS) is 9.93. The second-order valence-electron chi connectivity index (χ2n) is 5.47. The molecular weight excluding hydrogens is 439 g/mol. The third-order valence-electron chi connectivity index (χ3n) is 3.49. The molecule has 0 N–H and O–H groups in total. The van der Waals surface area contributed by atoms with E-state index in [0.29, 0.717) is 18.8 Å². The first-order valence-electron chi connectivity index (χ1n) is 8.75. The van der Waals surface area contributed by atoms with Crippen molar-refractivity contribution in [2.75, 3.05) is 26.2 Å². The highest BCUT2D eigenvalue weighted by Crippen LogP contribution is 2.18. The second kappa shape index (κ2) is 15.7. The molecule has 0 spiro atoms. The van der Waals surface area contributed by atoms with Crippen molar-refractivity contribution in [2.45, 2.75) is 24.4 Å². The Morgan fingerprint density at radius 3 is 1.93 bits per heavy atom. The van der Waals surface area contributed by atoms with Gasteiger partial charge in [0.1, 0.15) is 0 Å². The number of nitrogens with zero attached hydrogens (tertiary/aromatic N) is 2. The van der Waals surface area contributed by atoms with E-state index in [-0.39, 0.29) is 11.1 Å². The maximum absolute atomic E-state index is 11.7. The van der Waals surface area contributed by atoms with Gasteiger partial charge < -0.3 is 9.80 Å². The molecule has 0 atom stereocenters. The Hall–Kier alpha value is -1.14. The molecule has 4 nitrogen and oxygen atoms in total. The zero-order valence-corrected chi connectivity index (χ0v) is 19.3. The number of carbonyl (C=O) groups excluding carboxylic acids is 2. The van der Waals surface area contributed by atoms with Crippen molar-refractivity contribution in [3.63, 3.8) is 0 Å². The van der Waals surface area contributed by atoms with Crippen LogP contribution in [0.1, 0.15) is 19.4 Å². The minimum absolute atomic E-state index is 0.139. The van der Waals surface area contributed by atoms with Crippen molar-refractivity contribution in [1.82, 2.24) is 9.80 Å². The predicted octanol–water partition coefficient (Wildman–Crippen LogP) is 6.03. The molecule has 0 fully saturated rings. The molecule has 0 saturated carbocycles. The first-order chi connectivity index (χ1) is 13.3. The fraction of sp³-hybridized carbons (Fsp3) is 0.400. The summed E-state index contributed by atoms with van der Waals surface area (Å²) in [5.41, 5.74) is 1.12. The van der Waals surface area contributed by atoms with Crippen LogP contribution in [0.25, 0.3) is 0 Å². The van der Waals surface area contributed by atoms with Gasteiger partial charge in [-0.3, -0.25) is 9.59 Å². The molecule has 1 aromatic carbocycles. The van der Waals surface area contributed by atoms with Gasteiger partial charge in [0.05, 0.1) is 0 Å². The summed E-state index contributed by atoms with van der Waals surface area (Å²) in [5.74, 6) is 0.380. The lowest BCUT2D eigenvalue weighted by Gasteiger charge is -2.19. The van der Waals surface area contributed by atoms with Gasteiger partial charge in [-0.2, -0.15) is 0 Å². The molecule has 0 aliphatic carbocycles. The van der Waals surface area contributed by atoms with Crippen molar-refractivity contribution in [3.05, 3.63) is 60.2 Å². The maximum Gasteiger partial charge on any atom is 0.281 e. The fourth-order valence-electron chi connectivity index (χ4n) is 2.00. The summed E-state index contributed by atoms with van der Waals surface area (Å²) >= 11 is 17.9. The van der Waals surface area contributed by atoms with Crippen LogP contribution in [0.5, 0.6) is 0 Å². The predicted molar refractivity (Wildman–Crippen MR) is 124 cm³/mol. The number of amides is 2. The Morgan fingerprint density at radius 2 is 1.54 bits per heavy atom. The molecule has 0 aliphatic heterocycles. The smallest absolute Gasteiger partial charge is 0.281 e. The van der Waals surface area contributed by atoms with Crippen LogP contribution in [-0.4, -0.2) is 52.0 Å². The quantitative estimate of drug-likeness (QED) is 0.330. The first kappa shape index (κ1) is 26.9. The van der Waals surface area contributed by atoms with Crippen LogP contribution in [0.15, 0.2) is 49.6 Å². The molecule has 1 aromatic rings. The van der Waals surface area contributed by atoms with Crippen molar-refractivity contribution in [3.8, 4) is 0 Å². The molecule has 8 heteroatoms. The van der Waals surface area contributed by atoms with Gasteiger partial charge in [-0.15, -0.1) is 13.2 Å². The highest BCUT2D eigenvalue weighted by molar-refractivity contribution is 8.12. The Labute approximate surface area is 187 Å². The van der Waals surface area contributed by atoms with E-state index in [1.165, 1.54) is 16.7 Å². The zero-order valence-electron chi connectivity index (χ0n) is 16.2. The molecule has 156 valence electrons. The molecule has 28 heavy (non-hydrogen) atoms. The minimum Gasteiger partial charge on any atom is -0.334 e. The molecule has 0 aliphatic rings. The average Bonchev–Trinajstić information content (AvgIpc) is 2.68. The van der Waals surface area contributed by atoms with E-state index >= 15 is 0 Å². The number of hydrogen-bond acceptors (Lipinski definition) is 3. The van der Waals surface area contributed by atoms with Crippen molar-refractivity contribution < 1.29 is 9.59 Å². The van der Waals surface area contributed by atoms with Crippen LogP contribution < -0.4 is 0 Å². The molecule has 0 bridgehead atoms. The van der Waals surface area contributed by atoms with Crippen molar-refractivity contribution >= 4 is 57.7 Å². The van der Waals surface area contributed by atoms with Gasteiger partial charge in [-0.05, 0) is 31.5 Å². The number of hydrogen-bond donors (Lipinski definition) is 0.